The third-order valence-corrected chi connectivity index (χ3v) is 3.05. The number of nitrogens with one attached hydrogen (secondary N) is 2. The van der Waals surface area contributed by atoms with Crippen LogP contribution in [0.1, 0.15) is 29.9 Å². The average Bonchev–Trinajstić information content (AvgIpc) is 2.53. The summed E-state index contributed by atoms with van der Waals surface area (Å²) < 4.78 is 37.5. The van der Waals surface area contributed by atoms with Gasteiger partial charge in [0.15, 0.2) is 11.5 Å². The van der Waals surface area contributed by atoms with Crippen LogP contribution in [0.2, 0.25) is 0 Å². The van der Waals surface area contributed by atoms with Crippen molar-refractivity contribution in [3.05, 3.63) is 47.7 Å². The zero-order chi connectivity index (χ0) is 17.7. The Morgan fingerprint density at radius 2 is 1.75 bits per heavy atom. The van der Waals surface area contributed by atoms with Crippen molar-refractivity contribution in [2.24, 2.45) is 5.92 Å². The first-order chi connectivity index (χ1) is 11.3. The molecule has 2 rings (SSSR count). The highest BCUT2D eigenvalue weighted by Gasteiger charge is 2.29. The highest BCUT2D eigenvalue weighted by Crippen LogP contribution is 2.30. The lowest BCUT2D eigenvalue weighted by molar-refractivity contribution is -0.137. The van der Waals surface area contributed by atoms with E-state index in [2.05, 4.69) is 20.8 Å². The lowest BCUT2D eigenvalue weighted by atomic mass is 10.2. The standard InChI is InChI=1S/C16H17F3N4O/c1-10(2)9-20-15(24)13-7-8-14(23-22-13)21-12-5-3-11(4-6-12)16(17,18)19/h3-8,10H,9H2,1-2H3,(H,20,24)(H,21,23). The molecular formula is C16H17F3N4O. The fourth-order valence-electron chi connectivity index (χ4n) is 1.80. The number of amides is 1. The number of nitrogens with zero attached hydrogens (tertiary/aromatic N) is 2. The summed E-state index contributed by atoms with van der Waals surface area (Å²) in [4.78, 5) is 11.8. The minimum atomic E-state index is -4.37. The average molecular weight is 338 g/mol. The molecule has 0 fully saturated rings. The third-order valence-electron chi connectivity index (χ3n) is 3.05. The van der Waals surface area contributed by atoms with Crippen LogP contribution in [0.5, 0.6) is 0 Å². The van der Waals surface area contributed by atoms with Crippen LogP contribution in [-0.4, -0.2) is 22.6 Å². The third kappa shape index (κ3) is 4.94. The second kappa shape index (κ2) is 7.29. The molecule has 128 valence electrons. The maximum absolute atomic E-state index is 12.5. The predicted molar refractivity (Wildman–Crippen MR) is 83.9 cm³/mol. The molecule has 0 aliphatic heterocycles. The van der Waals surface area contributed by atoms with Crippen LogP contribution in [0.3, 0.4) is 0 Å². The quantitative estimate of drug-likeness (QED) is 0.874. The molecule has 1 aromatic carbocycles. The largest absolute Gasteiger partial charge is 0.416 e. The molecule has 5 nitrogen and oxygen atoms in total. The van der Waals surface area contributed by atoms with Gasteiger partial charge in [0, 0.05) is 12.2 Å². The molecule has 0 unspecified atom stereocenters. The second-order valence-electron chi connectivity index (χ2n) is 5.61. The first-order valence-corrected chi connectivity index (χ1v) is 7.32. The van der Waals surface area contributed by atoms with Crippen LogP contribution in [0.25, 0.3) is 0 Å². The summed E-state index contributed by atoms with van der Waals surface area (Å²) in [6, 6.07) is 7.58. The molecule has 2 aromatic rings. The fraction of sp³-hybridized carbons (Fsp3) is 0.312. The van der Waals surface area contributed by atoms with Gasteiger partial charge in [-0.25, -0.2) is 0 Å². The second-order valence-corrected chi connectivity index (χ2v) is 5.61. The van der Waals surface area contributed by atoms with Crippen LogP contribution < -0.4 is 10.6 Å². The summed E-state index contributed by atoms with van der Waals surface area (Å²) in [5, 5.41) is 13.2. The van der Waals surface area contributed by atoms with Crippen LogP contribution in [0.15, 0.2) is 36.4 Å². The molecule has 1 heterocycles. The van der Waals surface area contributed by atoms with Gasteiger partial charge in [-0.1, -0.05) is 13.8 Å². The van der Waals surface area contributed by atoms with E-state index >= 15 is 0 Å². The van der Waals surface area contributed by atoms with E-state index in [1.807, 2.05) is 13.8 Å². The molecule has 24 heavy (non-hydrogen) atoms. The van der Waals surface area contributed by atoms with E-state index in [9.17, 15) is 18.0 Å². The lowest BCUT2D eigenvalue weighted by Crippen LogP contribution is -2.28. The molecule has 8 heteroatoms. The summed E-state index contributed by atoms with van der Waals surface area (Å²) in [5.41, 5.74) is -0.112. The van der Waals surface area contributed by atoms with Crippen molar-refractivity contribution in [1.29, 1.82) is 0 Å². The smallest absolute Gasteiger partial charge is 0.350 e. The molecule has 0 bridgehead atoms. The van der Waals surface area contributed by atoms with Crippen molar-refractivity contribution in [2.75, 3.05) is 11.9 Å². The number of carbonyl (C=O) groups excluding carboxylic acids is 1. The highest BCUT2D eigenvalue weighted by atomic mass is 19.4. The molecule has 0 radical (unpaired) electrons. The number of benzene rings is 1. The van der Waals surface area contributed by atoms with Crippen molar-refractivity contribution >= 4 is 17.4 Å². The summed E-state index contributed by atoms with van der Waals surface area (Å²) in [7, 11) is 0. The molecule has 0 aliphatic rings. The van der Waals surface area contributed by atoms with Gasteiger partial charge < -0.3 is 10.6 Å². The van der Waals surface area contributed by atoms with Crippen LogP contribution in [0.4, 0.5) is 24.7 Å². The maximum atomic E-state index is 12.5. The monoisotopic (exact) mass is 338 g/mol. The van der Waals surface area contributed by atoms with E-state index in [1.54, 1.807) is 0 Å². The molecule has 0 saturated carbocycles. The SMILES string of the molecule is CC(C)CNC(=O)c1ccc(Nc2ccc(C(F)(F)F)cc2)nn1. The Balaban J connectivity index is 2.00. The Morgan fingerprint density at radius 1 is 1.08 bits per heavy atom. The molecule has 1 amide bonds. The van der Waals surface area contributed by atoms with Gasteiger partial charge in [0.1, 0.15) is 0 Å². The molecule has 0 saturated heterocycles. The van der Waals surface area contributed by atoms with Crippen molar-refractivity contribution in [3.8, 4) is 0 Å². The van der Waals surface area contributed by atoms with Gasteiger partial charge in [0.05, 0.1) is 5.56 Å². The summed E-state index contributed by atoms with van der Waals surface area (Å²) in [6.07, 6.45) is -4.37. The summed E-state index contributed by atoms with van der Waals surface area (Å²) >= 11 is 0. The Kier molecular flexibility index (Phi) is 5.38. The van der Waals surface area contributed by atoms with Crippen LogP contribution >= 0.6 is 0 Å². The van der Waals surface area contributed by atoms with Gasteiger partial charge in [0.25, 0.3) is 5.91 Å². The highest BCUT2D eigenvalue weighted by molar-refractivity contribution is 5.92. The van der Waals surface area contributed by atoms with E-state index in [4.69, 9.17) is 0 Å². The Morgan fingerprint density at radius 3 is 2.25 bits per heavy atom. The zero-order valence-corrected chi connectivity index (χ0v) is 13.2. The molecular weight excluding hydrogens is 321 g/mol. The predicted octanol–water partition coefficient (Wildman–Crippen LogP) is 3.62. The van der Waals surface area contributed by atoms with E-state index < -0.39 is 11.7 Å². The first kappa shape index (κ1) is 17.7. The first-order valence-electron chi connectivity index (χ1n) is 7.32. The number of halogens is 3. The van der Waals surface area contributed by atoms with Gasteiger partial charge in [-0.05, 0) is 42.3 Å². The number of carbonyl (C=O) groups is 1. The van der Waals surface area contributed by atoms with Crippen molar-refractivity contribution in [2.45, 2.75) is 20.0 Å². The number of hydrogen-bond acceptors (Lipinski definition) is 4. The van der Waals surface area contributed by atoms with E-state index in [0.29, 0.717) is 24.0 Å². The van der Waals surface area contributed by atoms with Crippen LogP contribution in [-0.2, 0) is 6.18 Å². The minimum Gasteiger partial charge on any atom is -0.350 e. The normalized spacial score (nSPS) is 11.4. The van der Waals surface area contributed by atoms with Gasteiger partial charge in [-0.15, -0.1) is 10.2 Å². The molecule has 0 atom stereocenters. The topological polar surface area (TPSA) is 66.9 Å². The van der Waals surface area contributed by atoms with E-state index in [1.165, 1.54) is 24.3 Å². The Labute approximate surface area is 137 Å². The molecule has 0 aliphatic carbocycles. The zero-order valence-electron chi connectivity index (χ0n) is 13.2. The van der Waals surface area contributed by atoms with E-state index in [0.717, 1.165) is 12.1 Å². The van der Waals surface area contributed by atoms with Gasteiger partial charge in [0.2, 0.25) is 0 Å². The fourth-order valence-corrected chi connectivity index (χ4v) is 1.80. The number of hydrogen-bond donors (Lipinski definition) is 2. The molecule has 0 spiro atoms. The number of aromatic nitrogens is 2. The Bertz CT molecular complexity index is 682. The molecule has 1 aromatic heterocycles. The number of alkyl halides is 3. The van der Waals surface area contributed by atoms with Gasteiger partial charge in [-0.2, -0.15) is 13.2 Å². The van der Waals surface area contributed by atoms with Gasteiger partial charge in [-0.3, -0.25) is 4.79 Å². The van der Waals surface area contributed by atoms with Crippen molar-refractivity contribution < 1.29 is 18.0 Å². The van der Waals surface area contributed by atoms with Crippen molar-refractivity contribution in [1.82, 2.24) is 15.5 Å². The van der Waals surface area contributed by atoms with Gasteiger partial charge >= 0.3 is 6.18 Å². The minimum absolute atomic E-state index is 0.175. The van der Waals surface area contributed by atoms with E-state index in [-0.39, 0.29) is 11.6 Å². The van der Waals surface area contributed by atoms with Crippen molar-refractivity contribution in [3.63, 3.8) is 0 Å². The summed E-state index contributed by atoms with van der Waals surface area (Å²) in [5.74, 6) is 0.329. The number of anilines is 2. The maximum Gasteiger partial charge on any atom is 0.416 e. The summed E-state index contributed by atoms with van der Waals surface area (Å²) in [6.45, 7) is 4.48. The lowest BCUT2D eigenvalue weighted by Gasteiger charge is -2.09. The Hall–Kier alpha value is -2.64. The van der Waals surface area contributed by atoms with Crippen LogP contribution in [0, 0.1) is 5.92 Å². The molecule has 2 N–H and O–H groups in total. The number of rotatable bonds is 5.